The summed E-state index contributed by atoms with van der Waals surface area (Å²) in [5.41, 5.74) is 0.300. The zero-order valence-corrected chi connectivity index (χ0v) is 6.15. The predicted molar refractivity (Wildman–Crippen MR) is 37.2 cm³/mol. The van der Waals surface area contributed by atoms with Gasteiger partial charge in [0, 0.05) is 25.6 Å². The van der Waals surface area contributed by atoms with E-state index in [-0.39, 0.29) is 0 Å². The predicted octanol–water partition coefficient (Wildman–Crippen LogP) is 0.224. The minimum absolute atomic E-state index is 0.300. The van der Waals surface area contributed by atoms with E-state index in [0.717, 1.165) is 13.1 Å². The molecule has 1 saturated heterocycles. The highest BCUT2D eigenvalue weighted by Crippen LogP contribution is 2.29. The van der Waals surface area contributed by atoms with Crippen LogP contribution in [0.25, 0.3) is 0 Å². The fourth-order valence-electron chi connectivity index (χ4n) is 1.30. The fraction of sp³-hybridized carbons (Fsp3) is 1.00. The maximum atomic E-state index is 8.86. The van der Waals surface area contributed by atoms with Crippen LogP contribution in [0.4, 0.5) is 0 Å². The second-order valence-corrected chi connectivity index (χ2v) is 3.50. The van der Waals surface area contributed by atoms with Crippen LogP contribution in [0.15, 0.2) is 0 Å². The van der Waals surface area contributed by atoms with E-state index in [1.807, 2.05) is 0 Å². The lowest BCUT2D eigenvalue weighted by atomic mass is 9.83. The number of nitrogens with one attached hydrogen (secondary N) is 1. The third-order valence-electron chi connectivity index (χ3n) is 2.30. The standard InChI is InChI=1S/C7H15NO/c1-7(2)5-8-3-6(7)4-9/h6,8-9H,3-5H2,1-2H3/t6-/m1/s1. The highest BCUT2D eigenvalue weighted by atomic mass is 16.3. The quantitative estimate of drug-likeness (QED) is 0.531. The Bertz CT molecular complexity index is 101. The summed E-state index contributed by atoms with van der Waals surface area (Å²) in [6, 6.07) is 0. The molecule has 9 heavy (non-hydrogen) atoms. The van der Waals surface area contributed by atoms with E-state index >= 15 is 0 Å². The first-order chi connectivity index (χ1) is 4.17. The van der Waals surface area contributed by atoms with Crippen molar-refractivity contribution >= 4 is 0 Å². The van der Waals surface area contributed by atoms with Crippen LogP contribution in [-0.4, -0.2) is 24.8 Å². The molecule has 1 aliphatic rings. The van der Waals surface area contributed by atoms with Gasteiger partial charge in [0.15, 0.2) is 0 Å². The summed E-state index contributed by atoms with van der Waals surface area (Å²) < 4.78 is 0. The van der Waals surface area contributed by atoms with E-state index in [1.165, 1.54) is 0 Å². The maximum Gasteiger partial charge on any atom is 0.0477 e. The molecule has 2 heteroatoms. The van der Waals surface area contributed by atoms with Gasteiger partial charge in [0.2, 0.25) is 0 Å². The summed E-state index contributed by atoms with van der Waals surface area (Å²) in [7, 11) is 0. The van der Waals surface area contributed by atoms with E-state index in [1.54, 1.807) is 0 Å². The van der Waals surface area contributed by atoms with Gasteiger partial charge < -0.3 is 10.4 Å². The van der Waals surface area contributed by atoms with Crippen molar-refractivity contribution in [2.75, 3.05) is 19.7 Å². The molecule has 1 atom stereocenters. The molecule has 1 heterocycles. The molecule has 1 fully saturated rings. The molecule has 54 valence electrons. The van der Waals surface area contributed by atoms with Gasteiger partial charge in [0.25, 0.3) is 0 Å². The molecule has 0 aromatic heterocycles. The van der Waals surface area contributed by atoms with Gasteiger partial charge >= 0.3 is 0 Å². The van der Waals surface area contributed by atoms with Gasteiger partial charge in [-0.25, -0.2) is 0 Å². The molecule has 0 amide bonds. The average Bonchev–Trinajstić information content (AvgIpc) is 2.08. The molecule has 1 aliphatic heterocycles. The third-order valence-corrected chi connectivity index (χ3v) is 2.30. The van der Waals surface area contributed by atoms with Crippen molar-refractivity contribution in [2.24, 2.45) is 11.3 Å². The second-order valence-electron chi connectivity index (χ2n) is 3.50. The fourth-order valence-corrected chi connectivity index (χ4v) is 1.30. The maximum absolute atomic E-state index is 8.86. The number of hydrogen-bond donors (Lipinski definition) is 2. The summed E-state index contributed by atoms with van der Waals surface area (Å²) >= 11 is 0. The Morgan fingerprint density at radius 1 is 1.67 bits per heavy atom. The summed E-state index contributed by atoms with van der Waals surface area (Å²) in [5, 5.41) is 12.1. The molecule has 0 aliphatic carbocycles. The van der Waals surface area contributed by atoms with E-state index < -0.39 is 0 Å². The zero-order chi connectivity index (χ0) is 6.91. The summed E-state index contributed by atoms with van der Waals surface area (Å²) in [6.45, 7) is 6.71. The third kappa shape index (κ3) is 1.25. The Morgan fingerprint density at radius 2 is 2.33 bits per heavy atom. The van der Waals surface area contributed by atoms with Crippen LogP contribution in [0.5, 0.6) is 0 Å². The topological polar surface area (TPSA) is 32.3 Å². The van der Waals surface area contributed by atoms with Gasteiger partial charge in [-0.1, -0.05) is 13.8 Å². The number of aliphatic hydroxyl groups excluding tert-OH is 1. The first-order valence-electron chi connectivity index (χ1n) is 3.48. The van der Waals surface area contributed by atoms with Crippen LogP contribution < -0.4 is 5.32 Å². The molecule has 2 nitrogen and oxygen atoms in total. The van der Waals surface area contributed by atoms with Crippen molar-refractivity contribution in [3.63, 3.8) is 0 Å². The molecule has 1 rings (SSSR count). The Labute approximate surface area is 56.3 Å². The number of hydrogen-bond acceptors (Lipinski definition) is 2. The van der Waals surface area contributed by atoms with Crippen LogP contribution in [0.1, 0.15) is 13.8 Å². The zero-order valence-electron chi connectivity index (χ0n) is 6.15. The molecule has 0 unspecified atom stereocenters. The molecular weight excluding hydrogens is 114 g/mol. The second kappa shape index (κ2) is 2.27. The van der Waals surface area contributed by atoms with Crippen molar-refractivity contribution in [2.45, 2.75) is 13.8 Å². The minimum atomic E-state index is 0.300. The van der Waals surface area contributed by atoms with Crippen molar-refractivity contribution < 1.29 is 5.11 Å². The number of rotatable bonds is 1. The molecule has 0 aromatic carbocycles. The van der Waals surface area contributed by atoms with E-state index in [2.05, 4.69) is 19.2 Å². The van der Waals surface area contributed by atoms with Crippen LogP contribution >= 0.6 is 0 Å². The minimum Gasteiger partial charge on any atom is -0.396 e. The van der Waals surface area contributed by atoms with Crippen molar-refractivity contribution in [1.29, 1.82) is 0 Å². The highest BCUT2D eigenvalue weighted by molar-refractivity contribution is 4.87. The van der Waals surface area contributed by atoms with Gasteiger partial charge in [0.1, 0.15) is 0 Å². The normalized spacial score (nSPS) is 33.0. The lowest BCUT2D eigenvalue weighted by Gasteiger charge is -2.23. The van der Waals surface area contributed by atoms with Crippen molar-refractivity contribution in [3.8, 4) is 0 Å². The van der Waals surface area contributed by atoms with Crippen LogP contribution in [0.2, 0.25) is 0 Å². The molecule has 2 N–H and O–H groups in total. The molecule has 0 saturated carbocycles. The van der Waals surface area contributed by atoms with Crippen LogP contribution in [-0.2, 0) is 0 Å². The Hall–Kier alpha value is -0.0800. The summed E-state index contributed by atoms with van der Waals surface area (Å²) in [6.07, 6.45) is 0. The van der Waals surface area contributed by atoms with E-state index in [0.29, 0.717) is 17.9 Å². The Kier molecular flexibility index (Phi) is 1.78. The van der Waals surface area contributed by atoms with Crippen LogP contribution in [0.3, 0.4) is 0 Å². The Morgan fingerprint density at radius 3 is 2.56 bits per heavy atom. The summed E-state index contributed by atoms with van der Waals surface area (Å²) in [5.74, 6) is 0.456. The van der Waals surface area contributed by atoms with E-state index in [9.17, 15) is 0 Å². The van der Waals surface area contributed by atoms with Gasteiger partial charge in [-0.05, 0) is 5.41 Å². The van der Waals surface area contributed by atoms with Gasteiger partial charge in [0.05, 0.1) is 0 Å². The first kappa shape index (κ1) is 7.03. The van der Waals surface area contributed by atoms with Gasteiger partial charge in [-0.3, -0.25) is 0 Å². The molecular formula is C7H15NO. The average molecular weight is 129 g/mol. The first-order valence-corrected chi connectivity index (χ1v) is 3.48. The highest BCUT2D eigenvalue weighted by Gasteiger charge is 2.33. The van der Waals surface area contributed by atoms with Gasteiger partial charge in [-0.15, -0.1) is 0 Å². The molecule has 0 radical (unpaired) electrons. The lowest BCUT2D eigenvalue weighted by molar-refractivity contribution is 0.161. The van der Waals surface area contributed by atoms with E-state index in [4.69, 9.17) is 5.11 Å². The number of aliphatic hydroxyl groups is 1. The SMILES string of the molecule is CC1(C)CNC[C@@H]1CO. The van der Waals surface area contributed by atoms with Crippen molar-refractivity contribution in [3.05, 3.63) is 0 Å². The van der Waals surface area contributed by atoms with Crippen LogP contribution in [0, 0.1) is 11.3 Å². The van der Waals surface area contributed by atoms with Gasteiger partial charge in [-0.2, -0.15) is 0 Å². The molecule has 0 aromatic rings. The molecule has 0 bridgehead atoms. The summed E-state index contributed by atoms with van der Waals surface area (Å²) in [4.78, 5) is 0. The van der Waals surface area contributed by atoms with Crippen molar-refractivity contribution in [1.82, 2.24) is 5.32 Å². The molecule has 0 spiro atoms. The lowest BCUT2D eigenvalue weighted by Crippen LogP contribution is -2.24. The smallest absolute Gasteiger partial charge is 0.0477 e. The Balaban J connectivity index is 2.52. The largest absolute Gasteiger partial charge is 0.396 e. The monoisotopic (exact) mass is 129 g/mol.